The molecule has 2 unspecified atom stereocenters. The molecule has 0 radical (unpaired) electrons. The zero-order chi connectivity index (χ0) is 21.6. The summed E-state index contributed by atoms with van der Waals surface area (Å²) in [7, 11) is 0. The van der Waals surface area contributed by atoms with E-state index >= 15 is 0 Å². The van der Waals surface area contributed by atoms with Crippen molar-refractivity contribution in [3.63, 3.8) is 0 Å². The molecule has 0 saturated carbocycles. The minimum Gasteiger partial charge on any atom is -0.376 e. The van der Waals surface area contributed by atoms with E-state index < -0.39 is 0 Å². The predicted octanol–water partition coefficient (Wildman–Crippen LogP) is 4.02. The first-order valence-electron chi connectivity index (χ1n) is 10.7. The number of nitrogens with one attached hydrogen (secondary N) is 2. The first-order chi connectivity index (χ1) is 14.4. The molecule has 2 N–H and O–H groups in total. The number of morpholine rings is 1. The van der Waals surface area contributed by atoms with Crippen LogP contribution in [0.4, 0.5) is 0 Å². The molecule has 30 heavy (non-hydrogen) atoms. The molecule has 6 nitrogen and oxygen atoms in total. The number of rotatable bonds is 7. The van der Waals surface area contributed by atoms with E-state index in [0.717, 1.165) is 49.4 Å². The fourth-order valence-corrected chi connectivity index (χ4v) is 5.23. The molecular weight excluding hydrogens is 414 g/mol. The van der Waals surface area contributed by atoms with Crippen LogP contribution in [0.15, 0.2) is 27.9 Å². The predicted molar refractivity (Wildman–Crippen MR) is 128 cm³/mol. The average Bonchev–Trinajstić information content (AvgIpc) is 3.38. The van der Waals surface area contributed by atoms with Crippen LogP contribution in [0.2, 0.25) is 0 Å². The van der Waals surface area contributed by atoms with Gasteiger partial charge in [-0.3, -0.25) is 4.90 Å². The van der Waals surface area contributed by atoms with Crippen LogP contribution in [0.1, 0.15) is 56.2 Å². The Labute approximate surface area is 188 Å². The Bertz CT molecular complexity index is 797. The zero-order valence-electron chi connectivity index (χ0n) is 18.8. The Morgan fingerprint density at radius 2 is 2.20 bits per heavy atom. The standard InChI is InChI=1S/C22H35N5OS2/c1-6-23-21(25-13-20-26-19(15-30-20)22(3,4)5)24-12-17(18-8-7-11-29-18)27-9-10-28-16(2)14-27/h7-8,11,15-17H,6,9-10,12-14H2,1-5H3,(H2,23,24,25). The lowest BCUT2D eigenvalue weighted by atomic mass is 9.93. The number of thiophene rings is 1. The van der Waals surface area contributed by atoms with Gasteiger partial charge in [-0.25, -0.2) is 9.98 Å². The number of hydrogen-bond acceptors (Lipinski definition) is 6. The van der Waals surface area contributed by atoms with Gasteiger partial charge in [0.15, 0.2) is 5.96 Å². The quantitative estimate of drug-likeness (QED) is 0.494. The number of thiazole rings is 1. The maximum absolute atomic E-state index is 5.75. The molecule has 0 aromatic carbocycles. The monoisotopic (exact) mass is 449 g/mol. The number of guanidine groups is 1. The highest BCUT2D eigenvalue weighted by Crippen LogP contribution is 2.27. The summed E-state index contributed by atoms with van der Waals surface area (Å²) >= 11 is 3.50. The van der Waals surface area contributed by atoms with E-state index in [1.807, 2.05) is 11.3 Å². The molecule has 1 fully saturated rings. The number of ether oxygens (including phenoxy) is 1. The molecule has 0 spiro atoms. The van der Waals surface area contributed by atoms with Crippen molar-refractivity contribution in [3.8, 4) is 0 Å². The topological polar surface area (TPSA) is 61.8 Å². The smallest absolute Gasteiger partial charge is 0.191 e. The average molecular weight is 450 g/mol. The molecule has 0 amide bonds. The van der Waals surface area contributed by atoms with Gasteiger partial charge < -0.3 is 15.4 Å². The third-order valence-electron chi connectivity index (χ3n) is 5.08. The lowest BCUT2D eigenvalue weighted by Gasteiger charge is -2.37. The molecule has 166 valence electrons. The second kappa shape index (κ2) is 10.7. The van der Waals surface area contributed by atoms with Crippen LogP contribution < -0.4 is 10.6 Å². The van der Waals surface area contributed by atoms with E-state index in [1.165, 1.54) is 4.88 Å². The van der Waals surface area contributed by atoms with Crippen molar-refractivity contribution in [2.45, 2.75) is 58.7 Å². The van der Waals surface area contributed by atoms with Crippen LogP contribution in [-0.2, 0) is 16.7 Å². The Hall–Kier alpha value is -1.48. The third-order valence-corrected chi connectivity index (χ3v) is 6.89. The molecule has 2 atom stereocenters. The summed E-state index contributed by atoms with van der Waals surface area (Å²) < 4.78 is 5.75. The Morgan fingerprint density at radius 3 is 2.83 bits per heavy atom. The Kier molecular flexibility index (Phi) is 8.27. The van der Waals surface area contributed by atoms with Gasteiger partial charge >= 0.3 is 0 Å². The molecule has 1 aliphatic rings. The molecule has 1 saturated heterocycles. The van der Waals surface area contributed by atoms with Crippen molar-refractivity contribution in [3.05, 3.63) is 38.5 Å². The maximum atomic E-state index is 5.75. The van der Waals surface area contributed by atoms with Gasteiger partial charge in [-0.15, -0.1) is 22.7 Å². The fraction of sp³-hybridized carbons (Fsp3) is 0.636. The van der Waals surface area contributed by atoms with Crippen molar-refractivity contribution in [1.82, 2.24) is 20.5 Å². The van der Waals surface area contributed by atoms with Crippen molar-refractivity contribution >= 4 is 28.6 Å². The molecule has 3 rings (SSSR count). The van der Waals surface area contributed by atoms with Crippen LogP contribution in [0.25, 0.3) is 0 Å². The van der Waals surface area contributed by atoms with E-state index in [2.05, 4.69) is 73.0 Å². The maximum Gasteiger partial charge on any atom is 0.191 e. The van der Waals surface area contributed by atoms with Crippen molar-refractivity contribution in [2.24, 2.45) is 4.99 Å². The first kappa shape index (κ1) is 23.2. The third kappa shape index (κ3) is 6.51. The highest BCUT2D eigenvalue weighted by Gasteiger charge is 2.26. The minimum atomic E-state index is 0.0738. The summed E-state index contributed by atoms with van der Waals surface area (Å²) in [6.45, 7) is 15.7. The SMILES string of the molecule is CCNC(=NCc1nc(C(C)(C)C)cs1)NCC(c1cccs1)N1CCOC(C)C1. The van der Waals surface area contributed by atoms with E-state index in [-0.39, 0.29) is 11.5 Å². The minimum absolute atomic E-state index is 0.0738. The van der Waals surface area contributed by atoms with Gasteiger partial charge in [-0.1, -0.05) is 26.8 Å². The normalized spacial score (nSPS) is 19.6. The van der Waals surface area contributed by atoms with Gasteiger partial charge in [0.05, 0.1) is 31.0 Å². The molecule has 2 aromatic heterocycles. The molecule has 2 aromatic rings. The van der Waals surface area contributed by atoms with Crippen LogP contribution in [0, 0.1) is 0 Å². The Balaban J connectivity index is 1.66. The summed E-state index contributed by atoms with van der Waals surface area (Å²) in [5.41, 5.74) is 1.21. The molecule has 3 heterocycles. The molecule has 1 aliphatic heterocycles. The molecule has 0 aliphatic carbocycles. The summed E-state index contributed by atoms with van der Waals surface area (Å²) in [5.74, 6) is 0.841. The van der Waals surface area contributed by atoms with Gasteiger partial charge in [-0.05, 0) is 25.3 Å². The van der Waals surface area contributed by atoms with Crippen LogP contribution in [0.5, 0.6) is 0 Å². The van der Waals surface area contributed by atoms with Crippen LogP contribution in [-0.4, -0.2) is 54.7 Å². The lowest BCUT2D eigenvalue weighted by molar-refractivity contribution is -0.0334. The van der Waals surface area contributed by atoms with E-state index in [4.69, 9.17) is 14.7 Å². The molecular formula is C22H35N5OS2. The van der Waals surface area contributed by atoms with Gasteiger partial charge in [-0.2, -0.15) is 0 Å². The van der Waals surface area contributed by atoms with Gasteiger partial charge in [0.25, 0.3) is 0 Å². The first-order valence-corrected chi connectivity index (χ1v) is 12.5. The second-order valence-corrected chi connectivity index (χ2v) is 10.6. The van der Waals surface area contributed by atoms with E-state index in [0.29, 0.717) is 12.6 Å². The number of aliphatic imine (C=N–C) groups is 1. The van der Waals surface area contributed by atoms with Gasteiger partial charge in [0, 0.05) is 41.9 Å². The van der Waals surface area contributed by atoms with Gasteiger partial charge in [0.2, 0.25) is 0 Å². The highest BCUT2D eigenvalue weighted by molar-refractivity contribution is 7.10. The lowest BCUT2D eigenvalue weighted by Crippen LogP contribution is -2.48. The van der Waals surface area contributed by atoms with E-state index in [1.54, 1.807) is 11.3 Å². The number of aromatic nitrogens is 1. The summed E-state index contributed by atoms with van der Waals surface area (Å²) in [4.78, 5) is 13.5. The van der Waals surface area contributed by atoms with Crippen molar-refractivity contribution < 1.29 is 4.74 Å². The Morgan fingerprint density at radius 1 is 1.37 bits per heavy atom. The second-order valence-electron chi connectivity index (χ2n) is 8.66. The fourth-order valence-electron chi connectivity index (χ4n) is 3.43. The summed E-state index contributed by atoms with van der Waals surface area (Å²) in [6.07, 6.45) is 0.269. The largest absolute Gasteiger partial charge is 0.376 e. The van der Waals surface area contributed by atoms with Crippen LogP contribution in [0.3, 0.4) is 0 Å². The van der Waals surface area contributed by atoms with Crippen molar-refractivity contribution in [2.75, 3.05) is 32.8 Å². The van der Waals surface area contributed by atoms with Gasteiger partial charge in [0.1, 0.15) is 5.01 Å². The van der Waals surface area contributed by atoms with Crippen molar-refractivity contribution in [1.29, 1.82) is 0 Å². The zero-order valence-corrected chi connectivity index (χ0v) is 20.4. The van der Waals surface area contributed by atoms with Crippen LogP contribution >= 0.6 is 22.7 Å². The summed E-state index contributed by atoms with van der Waals surface area (Å²) in [5, 5.41) is 12.3. The molecule has 8 heteroatoms. The summed E-state index contributed by atoms with van der Waals surface area (Å²) in [6, 6.07) is 4.67. The molecule has 0 bridgehead atoms. The van der Waals surface area contributed by atoms with E-state index in [9.17, 15) is 0 Å². The highest BCUT2D eigenvalue weighted by atomic mass is 32.1. The number of nitrogens with zero attached hydrogens (tertiary/aromatic N) is 3. The number of hydrogen-bond donors (Lipinski definition) is 2.